The molecular weight excluding hydrogens is 218 g/mol. The van der Waals surface area contributed by atoms with Gasteiger partial charge in [-0.25, -0.2) is 9.67 Å². The van der Waals surface area contributed by atoms with Gasteiger partial charge in [-0.3, -0.25) is 4.98 Å². The number of ether oxygens (including phenoxy) is 1. The number of methoxy groups -OCH3 is 1. The average Bonchev–Trinajstić information content (AvgIpc) is 2.76. The molecule has 0 radical (unpaired) electrons. The maximum Gasteiger partial charge on any atom is 0.252 e. The summed E-state index contributed by atoms with van der Waals surface area (Å²) in [7, 11) is 1.61. The normalized spacial score (nSPS) is 9.94. The molecule has 6 heteroatoms. The Bertz CT molecular complexity index is 569. The van der Waals surface area contributed by atoms with Crippen molar-refractivity contribution in [2.75, 3.05) is 7.11 Å². The quantitative estimate of drug-likeness (QED) is 0.781. The van der Waals surface area contributed by atoms with Gasteiger partial charge < -0.3 is 4.74 Å². The summed E-state index contributed by atoms with van der Waals surface area (Å²) in [5.41, 5.74) is 1.69. The molecule has 2 heterocycles. The van der Waals surface area contributed by atoms with Gasteiger partial charge in [0.1, 0.15) is 18.1 Å². The van der Waals surface area contributed by atoms with E-state index in [0.717, 1.165) is 17.1 Å². The number of nitriles is 1. The van der Waals surface area contributed by atoms with Gasteiger partial charge in [0.25, 0.3) is 5.82 Å². The van der Waals surface area contributed by atoms with E-state index in [0.29, 0.717) is 6.54 Å². The topological polar surface area (TPSA) is 76.6 Å². The first-order valence-corrected chi connectivity index (χ1v) is 5.02. The van der Waals surface area contributed by atoms with E-state index in [1.807, 2.05) is 25.1 Å². The maximum atomic E-state index is 8.62. The van der Waals surface area contributed by atoms with E-state index in [9.17, 15) is 0 Å². The van der Waals surface area contributed by atoms with Crippen LogP contribution in [0.1, 0.15) is 17.2 Å². The number of aromatic nitrogens is 4. The summed E-state index contributed by atoms with van der Waals surface area (Å²) >= 11 is 0. The van der Waals surface area contributed by atoms with E-state index in [1.165, 1.54) is 6.33 Å². The highest BCUT2D eigenvalue weighted by Crippen LogP contribution is 2.13. The maximum absolute atomic E-state index is 8.62. The van der Waals surface area contributed by atoms with Crippen LogP contribution in [0.25, 0.3) is 0 Å². The van der Waals surface area contributed by atoms with Gasteiger partial charge in [-0.2, -0.15) is 5.26 Å². The van der Waals surface area contributed by atoms with Crippen LogP contribution in [0.4, 0.5) is 0 Å². The number of rotatable bonds is 3. The molecule has 0 aromatic carbocycles. The first-order valence-electron chi connectivity index (χ1n) is 5.02. The molecule has 2 aromatic heterocycles. The molecule has 17 heavy (non-hydrogen) atoms. The molecule has 86 valence electrons. The molecule has 2 aromatic rings. The summed E-state index contributed by atoms with van der Waals surface area (Å²) in [6.45, 7) is 2.36. The Hall–Kier alpha value is -2.42. The van der Waals surface area contributed by atoms with E-state index in [4.69, 9.17) is 10.00 Å². The molecule has 0 aliphatic rings. The minimum Gasteiger partial charge on any atom is -0.497 e. The fourth-order valence-electron chi connectivity index (χ4n) is 1.49. The zero-order chi connectivity index (χ0) is 12.3. The van der Waals surface area contributed by atoms with Gasteiger partial charge in [0.15, 0.2) is 0 Å². The Morgan fingerprint density at radius 2 is 2.29 bits per heavy atom. The zero-order valence-electron chi connectivity index (χ0n) is 9.58. The third-order valence-corrected chi connectivity index (χ3v) is 2.18. The van der Waals surface area contributed by atoms with Gasteiger partial charge in [-0.1, -0.05) is 0 Å². The first-order chi connectivity index (χ1) is 8.21. The molecule has 6 nitrogen and oxygen atoms in total. The van der Waals surface area contributed by atoms with Crippen molar-refractivity contribution in [3.63, 3.8) is 0 Å². The third kappa shape index (κ3) is 2.58. The van der Waals surface area contributed by atoms with Crippen LogP contribution in [0, 0.1) is 18.3 Å². The van der Waals surface area contributed by atoms with Crippen LogP contribution >= 0.6 is 0 Å². The predicted molar refractivity (Wildman–Crippen MR) is 59.4 cm³/mol. The van der Waals surface area contributed by atoms with Crippen LogP contribution in [0.5, 0.6) is 5.75 Å². The van der Waals surface area contributed by atoms with E-state index < -0.39 is 0 Å². The lowest BCUT2D eigenvalue weighted by Crippen LogP contribution is -2.04. The predicted octanol–water partition coefficient (Wildman–Crippen LogP) is 0.910. The monoisotopic (exact) mass is 229 g/mol. The molecule has 0 N–H and O–H groups in total. The van der Waals surface area contributed by atoms with Gasteiger partial charge in [-0.05, 0) is 6.92 Å². The van der Waals surface area contributed by atoms with Crippen molar-refractivity contribution in [1.82, 2.24) is 19.7 Å². The minimum absolute atomic E-state index is 0.157. The zero-order valence-corrected chi connectivity index (χ0v) is 9.58. The van der Waals surface area contributed by atoms with Crippen molar-refractivity contribution in [2.45, 2.75) is 13.5 Å². The minimum atomic E-state index is 0.157. The van der Waals surface area contributed by atoms with Crippen molar-refractivity contribution in [1.29, 1.82) is 5.26 Å². The summed E-state index contributed by atoms with van der Waals surface area (Å²) in [5, 5.41) is 12.6. The molecule has 0 unspecified atom stereocenters. The van der Waals surface area contributed by atoms with Crippen LogP contribution in [0.2, 0.25) is 0 Å². The van der Waals surface area contributed by atoms with Crippen molar-refractivity contribution in [3.8, 4) is 11.8 Å². The highest BCUT2D eigenvalue weighted by Gasteiger charge is 2.04. The van der Waals surface area contributed by atoms with Crippen molar-refractivity contribution >= 4 is 0 Å². The van der Waals surface area contributed by atoms with Gasteiger partial charge >= 0.3 is 0 Å². The van der Waals surface area contributed by atoms with Gasteiger partial charge in [0.2, 0.25) is 0 Å². The fourth-order valence-corrected chi connectivity index (χ4v) is 1.49. The number of aryl methyl sites for hydroxylation is 1. The second-order valence-corrected chi connectivity index (χ2v) is 3.52. The lowest BCUT2D eigenvalue weighted by atomic mass is 10.3. The Balaban J connectivity index is 2.23. The van der Waals surface area contributed by atoms with Crippen molar-refractivity contribution < 1.29 is 4.74 Å². The van der Waals surface area contributed by atoms with Gasteiger partial charge in [-0.15, -0.1) is 5.10 Å². The van der Waals surface area contributed by atoms with E-state index >= 15 is 0 Å². The SMILES string of the molecule is COc1cc(C)nc(Cn2cnc(C#N)n2)c1. The van der Waals surface area contributed by atoms with Crippen LogP contribution < -0.4 is 4.74 Å². The number of hydrogen-bond donors (Lipinski definition) is 0. The highest BCUT2D eigenvalue weighted by atomic mass is 16.5. The Morgan fingerprint density at radius 3 is 2.94 bits per heavy atom. The molecule has 0 aliphatic carbocycles. The van der Waals surface area contributed by atoms with Crippen LogP contribution in [-0.4, -0.2) is 26.9 Å². The second-order valence-electron chi connectivity index (χ2n) is 3.52. The highest BCUT2D eigenvalue weighted by molar-refractivity contribution is 5.26. The molecule has 0 atom stereocenters. The average molecular weight is 229 g/mol. The molecule has 0 spiro atoms. The lowest BCUT2D eigenvalue weighted by molar-refractivity contribution is 0.412. The number of nitrogens with zero attached hydrogens (tertiary/aromatic N) is 5. The largest absolute Gasteiger partial charge is 0.497 e. The van der Waals surface area contributed by atoms with Crippen LogP contribution in [-0.2, 0) is 6.54 Å². The summed E-state index contributed by atoms with van der Waals surface area (Å²) in [6.07, 6.45) is 1.51. The van der Waals surface area contributed by atoms with E-state index in [2.05, 4.69) is 15.1 Å². The second kappa shape index (κ2) is 4.61. The van der Waals surface area contributed by atoms with E-state index in [-0.39, 0.29) is 5.82 Å². The molecule has 0 bridgehead atoms. The molecule has 0 fully saturated rings. The number of hydrogen-bond acceptors (Lipinski definition) is 5. The van der Waals surface area contributed by atoms with Crippen LogP contribution in [0.3, 0.4) is 0 Å². The van der Waals surface area contributed by atoms with Gasteiger partial charge in [0, 0.05) is 17.8 Å². The Labute approximate surface area is 98.5 Å². The third-order valence-electron chi connectivity index (χ3n) is 2.18. The Kier molecular flexibility index (Phi) is 3.01. The molecule has 2 rings (SSSR count). The summed E-state index contributed by atoms with van der Waals surface area (Å²) in [6, 6.07) is 5.57. The first kappa shape index (κ1) is 11.1. The standard InChI is InChI=1S/C11H11N5O/c1-8-3-10(17-2)4-9(14-8)6-16-7-13-11(5-12)15-16/h3-4,7H,6H2,1-2H3. The van der Waals surface area contributed by atoms with Crippen molar-refractivity contribution in [2.24, 2.45) is 0 Å². The molecule has 0 aliphatic heterocycles. The molecule has 0 saturated heterocycles. The summed E-state index contributed by atoms with van der Waals surface area (Å²) in [5.74, 6) is 0.915. The molecular formula is C11H11N5O. The Morgan fingerprint density at radius 1 is 1.47 bits per heavy atom. The molecule has 0 saturated carbocycles. The lowest BCUT2D eigenvalue weighted by Gasteiger charge is -2.05. The van der Waals surface area contributed by atoms with Gasteiger partial charge in [0.05, 0.1) is 19.3 Å². The number of pyridine rings is 1. The smallest absolute Gasteiger partial charge is 0.252 e. The van der Waals surface area contributed by atoms with Crippen LogP contribution in [0.15, 0.2) is 18.5 Å². The molecule has 0 amide bonds. The van der Waals surface area contributed by atoms with Crippen molar-refractivity contribution in [3.05, 3.63) is 35.7 Å². The summed E-state index contributed by atoms with van der Waals surface area (Å²) < 4.78 is 6.73. The summed E-state index contributed by atoms with van der Waals surface area (Å²) in [4.78, 5) is 8.19. The fraction of sp³-hybridized carbons (Fsp3) is 0.273. The van der Waals surface area contributed by atoms with E-state index in [1.54, 1.807) is 11.8 Å².